The molecule has 3 aromatic rings. The van der Waals surface area contributed by atoms with Gasteiger partial charge in [0.1, 0.15) is 17.2 Å². The fourth-order valence-electron chi connectivity index (χ4n) is 3.82. The first-order valence-corrected chi connectivity index (χ1v) is 10.1. The van der Waals surface area contributed by atoms with Crippen LogP contribution >= 0.6 is 0 Å². The largest absolute Gasteiger partial charge is 0.497 e. The van der Waals surface area contributed by atoms with Crippen LogP contribution in [0.5, 0.6) is 17.2 Å². The molecule has 1 amide bonds. The highest BCUT2D eigenvalue weighted by Gasteiger charge is 2.30. The van der Waals surface area contributed by atoms with Gasteiger partial charge in [-0.2, -0.15) is 0 Å². The lowest BCUT2D eigenvalue weighted by Crippen LogP contribution is -2.22. The van der Waals surface area contributed by atoms with Crippen LogP contribution in [0.1, 0.15) is 44.3 Å². The molecule has 1 aliphatic rings. The summed E-state index contributed by atoms with van der Waals surface area (Å²) in [5, 5.41) is 2.70. The molecule has 0 bridgehead atoms. The molecule has 8 heteroatoms. The third kappa shape index (κ3) is 4.25. The number of nitrogens with one attached hydrogen (secondary N) is 1. The van der Waals surface area contributed by atoms with Crippen LogP contribution in [-0.2, 0) is 6.42 Å². The summed E-state index contributed by atoms with van der Waals surface area (Å²) in [4.78, 5) is 34.0. The maximum absolute atomic E-state index is 12.8. The molecule has 0 unspecified atom stereocenters. The van der Waals surface area contributed by atoms with Crippen LogP contribution in [0.4, 0.5) is 5.95 Å². The number of anilines is 1. The SMILES string of the molecule is COc1cccc(C(=O)Nc2ncc3c(n2)C[C@H](c2ccc(OC)cc2OC)CC3=O)c1. The van der Waals surface area contributed by atoms with Crippen molar-refractivity contribution in [2.24, 2.45) is 0 Å². The van der Waals surface area contributed by atoms with E-state index in [1.165, 1.54) is 13.3 Å². The lowest BCUT2D eigenvalue weighted by Gasteiger charge is -2.25. The summed E-state index contributed by atoms with van der Waals surface area (Å²) in [6, 6.07) is 12.3. The van der Waals surface area contributed by atoms with E-state index in [1.54, 1.807) is 44.6 Å². The lowest BCUT2D eigenvalue weighted by atomic mass is 9.82. The van der Waals surface area contributed by atoms with Crippen molar-refractivity contribution in [2.75, 3.05) is 26.6 Å². The summed E-state index contributed by atoms with van der Waals surface area (Å²) in [5.41, 5.74) is 2.41. The standard InChI is InChI=1S/C24H23N3O5/c1-30-16-6-4-5-14(9-16)23(29)27-24-25-13-19-20(26-24)10-15(11-21(19)28)18-8-7-17(31-2)12-22(18)32-3/h4-9,12-13,15H,10-11H2,1-3H3,(H,25,26,27,29)/t15-/m0/s1. The van der Waals surface area contributed by atoms with E-state index in [0.717, 1.165) is 5.56 Å². The Hall–Kier alpha value is -3.94. The topological polar surface area (TPSA) is 99.6 Å². The Labute approximate surface area is 185 Å². The minimum atomic E-state index is -0.362. The Balaban J connectivity index is 1.58. The molecular weight excluding hydrogens is 410 g/mol. The van der Waals surface area contributed by atoms with Crippen LogP contribution in [-0.4, -0.2) is 43.0 Å². The van der Waals surface area contributed by atoms with Crippen LogP contribution in [0.25, 0.3) is 0 Å². The van der Waals surface area contributed by atoms with E-state index >= 15 is 0 Å². The molecule has 32 heavy (non-hydrogen) atoms. The van der Waals surface area contributed by atoms with E-state index in [4.69, 9.17) is 14.2 Å². The number of methoxy groups -OCH3 is 3. The molecule has 1 atom stereocenters. The minimum Gasteiger partial charge on any atom is -0.497 e. The van der Waals surface area contributed by atoms with Crippen molar-refractivity contribution in [1.29, 1.82) is 0 Å². The first-order valence-electron chi connectivity index (χ1n) is 10.1. The number of fused-ring (bicyclic) bond motifs is 1. The normalized spacial score (nSPS) is 15.0. The zero-order chi connectivity index (χ0) is 22.7. The second-order valence-electron chi connectivity index (χ2n) is 7.38. The first kappa shape index (κ1) is 21.3. The van der Waals surface area contributed by atoms with Crippen molar-refractivity contribution in [3.8, 4) is 17.2 Å². The zero-order valence-electron chi connectivity index (χ0n) is 18.0. The van der Waals surface area contributed by atoms with Crippen molar-refractivity contribution in [2.45, 2.75) is 18.8 Å². The maximum atomic E-state index is 12.8. The van der Waals surface area contributed by atoms with E-state index in [-0.39, 0.29) is 23.6 Å². The number of nitrogens with zero attached hydrogens (tertiary/aromatic N) is 2. The average Bonchev–Trinajstić information content (AvgIpc) is 2.83. The Morgan fingerprint density at radius 3 is 2.53 bits per heavy atom. The van der Waals surface area contributed by atoms with Gasteiger partial charge in [-0.3, -0.25) is 14.9 Å². The third-order valence-corrected chi connectivity index (χ3v) is 5.48. The van der Waals surface area contributed by atoms with E-state index in [9.17, 15) is 9.59 Å². The number of Topliss-reactive ketones (excluding diaryl/α,β-unsaturated/α-hetero) is 1. The summed E-state index contributed by atoms with van der Waals surface area (Å²) in [5.74, 6) is 1.55. The number of carbonyl (C=O) groups excluding carboxylic acids is 2. The van der Waals surface area contributed by atoms with Gasteiger partial charge in [0.15, 0.2) is 5.78 Å². The van der Waals surface area contributed by atoms with Gasteiger partial charge < -0.3 is 14.2 Å². The number of rotatable bonds is 6. The molecule has 0 fully saturated rings. The number of hydrogen-bond donors (Lipinski definition) is 1. The second kappa shape index (κ2) is 9.05. The average molecular weight is 433 g/mol. The first-order chi connectivity index (χ1) is 15.5. The summed E-state index contributed by atoms with van der Waals surface area (Å²) >= 11 is 0. The molecular formula is C24H23N3O5. The van der Waals surface area contributed by atoms with Gasteiger partial charge in [-0.1, -0.05) is 12.1 Å². The molecule has 0 radical (unpaired) electrons. The summed E-state index contributed by atoms with van der Waals surface area (Å²) in [6.07, 6.45) is 2.33. The van der Waals surface area contributed by atoms with Crippen LogP contribution in [0.3, 0.4) is 0 Å². The summed E-state index contributed by atoms with van der Waals surface area (Å²) < 4.78 is 15.9. The van der Waals surface area contributed by atoms with E-state index in [1.807, 2.05) is 12.1 Å². The number of carbonyl (C=O) groups is 2. The van der Waals surface area contributed by atoms with Crippen LogP contribution in [0.2, 0.25) is 0 Å². The minimum absolute atomic E-state index is 0.0419. The second-order valence-corrected chi connectivity index (χ2v) is 7.38. The molecule has 1 heterocycles. The van der Waals surface area contributed by atoms with Crippen molar-refractivity contribution in [3.63, 3.8) is 0 Å². The van der Waals surface area contributed by atoms with E-state index in [0.29, 0.717) is 46.9 Å². The Kier molecular flexibility index (Phi) is 6.02. The highest BCUT2D eigenvalue weighted by atomic mass is 16.5. The van der Waals surface area contributed by atoms with Gasteiger partial charge in [0.05, 0.1) is 32.6 Å². The number of amides is 1. The Bertz CT molecular complexity index is 1180. The van der Waals surface area contributed by atoms with Gasteiger partial charge in [0.25, 0.3) is 5.91 Å². The predicted octanol–water partition coefficient (Wildman–Crippen LogP) is 3.67. The number of hydrogen-bond acceptors (Lipinski definition) is 7. The maximum Gasteiger partial charge on any atom is 0.258 e. The number of benzene rings is 2. The van der Waals surface area contributed by atoms with Crippen molar-refractivity contribution < 1.29 is 23.8 Å². The third-order valence-electron chi connectivity index (χ3n) is 5.48. The van der Waals surface area contributed by atoms with E-state index < -0.39 is 0 Å². The van der Waals surface area contributed by atoms with Crippen LogP contribution in [0.15, 0.2) is 48.7 Å². The van der Waals surface area contributed by atoms with Gasteiger partial charge in [-0.05, 0) is 36.2 Å². The van der Waals surface area contributed by atoms with E-state index in [2.05, 4.69) is 15.3 Å². The number of aromatic nitrogens is 2. The molecule has 0 saturated heterocycles. The fraction of sp³-hybridized carbons (Fsp3) is 0.250. The van der Waals surface area contributed by atoms with Gasteiger partial charge in [-0.25, -0.2) is 9.97 Å². The smallest absolute Gasteiger partial charge is 0.258 e. The molecule has 164 valence electrons. The molecule has 0 spiro atoms. The monoisotopic (exact) mass is 433 g/mol. The van der Waals surface area contributed by atoms with Gasteiger partial charge in [-0.15, -0.1) is 0 Å². The van der Waals surface area contributed by atoms with Crippen molar-refractivity contribution in [1.82, 2.24) is 9.97 Å². The fourth-order valence-corrected chi connectivity index (χ4v) is 3.82. The molecule has 2 aromatic carbocycles. The molecule has 1 aromatic heterocycles. The lowest BCUT2D eigenvalue weighted by molar-refractivity contribution is 0.0962. The van der Waals surface area contributed by atoms with Crippen molar-refractivity contribution >= 4 is 17.6 Å². The van der Waals surface area contributed by atoms with Gasteiger partial charge >= 0.3 is 0 Å². The quantitative estimate of drug-likeness (QED) is 0.633. The predicted molar refractivity (Wildman–Crippen MR) is 118 cm³/mol. The zero-order valence-corrected chi connectivity index (χ0v) is 18.0. The van der Waals surface area contributed by atoms with Gasteiger partial charge in [0.2, 0.25) is 5.95 Å². The molecule has 0 aliphatic heterocycles. The van der Waals surface area contributed by atoms with Crippen LogP contribution < -0.4 is 19.5 Å². The summed E-state index contributed by atoms with van der Waals surface area (Å²) in [6.45, 7) is 0. The van der Waals surface area contributed by atoms with Crippen LogP contribution in [0, 0.1) is 0 Å². The Morgan fingerprint density at radius 1 is 1.00 bits per heavy atom. The molecule has 0 saturated carbocycles. The molecule has 1 N–H and O–H groups in total. The summed E-state index contributed by atoms with van der Waals surface area (Å²) in [7, 11) is 4.72. The molecule has 8 nitrogen and oxygen atoms in total. The molecule has 4 rings (SSSR count). The highest BCUT2D eigenvalue weighted by Crippen LogP contribution is 2.38. The Morgan fingerprint density at radius 2 is 1.78 bits per heavy atom. The van der Waals surface area contributed by atoms with Crippen molar-refractivity contribution in [3.05, 3.63) is 71.0 Å². The van der Waals surface area contributed by atoms with Gasteiger partial charge in [0, 0.05) is 30.2 Å². The molecule has 1 aliphatic carbocycles. The highest BCUT2D eigenvalue weighted by molar-refractivity contribution is 6.04. The number of ketones is 1. The number of ether oxygens (including phenoxy) is 3.